The SMILES string of the molecule is CC(CNS(=O)(=O)C(C)CNC1CC1)N1CCCCC1. The van der Waals surface area contributed by atoms with Crippen molar-refractivity contribution in [2.45, 2.75) is 63.3 Å². The van der Waals surface area contributed by atoms with E-state index in [1.807, 2.05) is 0 Å². The molecule has 2 atom stereocenters. The van der Waals surface area contributed by atoms with E-state index in [0.717, 1.165) is 13.1 Å². The summed E-state index contributed by atoms with van der Waals surface area (Å²) < 4.78 is 27.2. The molecule has 1 aliphatic carbocycles. The number of hydrogen-bond acceptors (Lipinski definition) is 4. The van der Waals surface area contributed by atoms with Crippen molar-refractivity contribution in [1.29, 1.82) is 0 Å². The highest BCUT2D eigenvalue weighted by molar-refractivity contribution is 7.90. The Morgan fingerprint density at radius 2 is 1.75 bits per heavy atom. The monoisotopic (exact) mass is 303 g/mol. The summed E-state index contributed by atoms with van der Waals surface area (Å²) in [5.74, 6) is 0. The Morgan fingerprint density at radius 3 is 2.35 bits per heavy atom. The van der Waals surface area contributed by atoms with Gasteiger partial charge in [-0.3, -0.25) is 4.90 Å². The molecule has 6 heteroatoms. The first-order valence-electron chi connectivity index (χ1n) is 7.95. The molecule has 0 bridgehead atoms. The Bertz CT molecular complexity index is 389. The largest absolute Gasteiger partial charge is 0.313 e. The molecule has 2 N–H and O–H groups in total. The van der Waals surface area contributed by atoms with Crippen molar-refractivity contribution in [1.82, 2.24) is 14.9 Å². The summed E-state index contributed by atoms with van der Waals surface area (Å²) in [7, 11) is -3.20. The lowest BCUT2D eigenvalue weighted by Crippen LogP contribution is -2.47. The van der Waals surface area contributed by atoms with Crippen LogP contribution < -0.4 is 10.0 Å². The van der Waals surface area contributed by atoms with Crippen LogP contribution >= 0.6 is 0 Å². The number of rotatable bonds is 8. The molecule has 5 nitrogen and oxygen atoms in total. The molecule has 20 heavy (non-hydrogen) atoms. The van der Waals surface area contributed by atoms with Gasteiger partial charge in [0.25, 0.3) is 0 Å². The molecule has 0 aromatic rings. The fourth-order valence-electron chi connectivity index (χ4n) is 2.60. The third-order valence-corrected chi connectivity index (χ3v) is 6.19. The number of piperidine rings is 1. The second-order valence-corrected chi connectivity index (χ2v) is 8.52. The summed E-state index contributed by atoms with van der Waals surface area (Å²) in [6.45, 7) is 7.17. The average Bonchev–Trinajstić information content (AvgIpc) is 3.27. The Kier molecular flexibility index (Phi) is 5.84. The lowest BCUT2D eigenvalue weighted by atomic mass is 10.1. The normalized spacial score (nSPS) is 24.5. The van der Waals surface area contributed by atoms with E-state index in [1.54, 1.807) is 6.92 Å². The molecule has 0 amide bonds. The van der Waals surface area contributed by atoms with Crippen LogP contribution in [0.1, 0.15) is 46.0 Å². The lowest BCUT2D eigenvalue weighted by molar-refractivity contribution is 0.175. The van der Waals surface area contributed by atoms with Gasteiger partial charge in [-0.2, -0.15) is 0 Å². The van der Waals surface area contributed by atoms with E-state index >= 15 is 0 Å². The van der Waals surface area contributed by atoms with Gasteiger partial charge in [0, 0.05) is 25.2 Å². The minimum absolute atomic E-state index is 0.286. The van der Waals surface area contributed by atoms with E-state index < -0.39 is 10.0 Å². The molecule has 0 aromatic carbocycles. The summed E-state index contributed by atoms with van der Waals surface area (Å²) in [4.78, 5) is 2.39. The van der Waals surface area contributed by atoms with E-state index in [4.69, 9.17) is 0 Å². The molecule has 0 radical (unpaired) electrons. The number of sulfonamides is 1. The Hall–Kier alpha value is -0.170. The van der Waals surface area contributed by atoms with Crippen molar-refractivity contribution in [3.8, 4) is 0 Å². The van der Waals surface area contributed by atoms with E-state index in [9.17, 15) is 8.42 Å². The van der Waals surface area contributed by atoms with Gasteiger partial charge >= 0.3 is 0 Å². The van der Waals surface area contributed by atoms with Crippen LogP contribution in [0.5, 0.6) is 0 Å². The quantitative estimate of drug-likeness (QED) is 0.700. The van der Waals surface area contributed by atoms with Crippen molar-refractivity contribution in [2.24, 2.45) is 0 Å². The fourth-order valence-corrected chi connectivity index (χ4v) is 3.67. The smallest absolute Gasteiger partial charge is 0.215 e. The molecule has 1 heterocycles. The van der Waals surface area contributed by atoms with Gasteiger partial charge < -0.3 is 5.32 Å². The molecular formula is C14H29N3O2S. The third-order valence-electron chi connectivity index (χ3n) is 4.39. The Morgan fingerprint density at radius 1 is 1.10 bits per heavy atom. The third kappa shape index (κ3) is 4.98. The lowest BCUT2D eigenvalue weighted by Gasteiger charge is -2.32. The highest BCUT2D eigenvalue weighted by Crippen LogP contribution is 2.18. The standard InChI is InChI=1S/C14H29N3O2S/c1-12(17-8-4-3-5-9-17)10-16-20(18,19)13(2)11-15-14-6-7-14/h12-16H,3-11H2,1-2H3. The van der Waals surface area contributed by atoms with E-state index in [1.165, 1.54) is 32.1 Å². The fraction of sp³-hybridized carbons (Fsp3) is 1.00. The van der Waals surface area contributed by atoms with Crippen LogP contribution in [0.3, 0.4) is 0 Å². The second kappa shape index (κ2) is 7.20. The number of hydrogen-bond donors (Lipinski definition) is 2. The van der Waals surface area contributed by atoms with Crippen LogP contribution in [0.4, 0.5) is 0 Å². The maximum Gasteiger partial charge on any atom is 0.215 e. The Balaban J connectivity index is 1.72. The van der Waals surface area contributed by atoms with Gasteiger partial charge in [0.15, 0.2) is 0 Å². The first-order valence-corrected chi connectivity index (χ1v) is 9.49. The number of nitrogens with zero attached hydrogens (tertiary/aromatic N) is 1. The number of nitrogens with one attached hydrogen (secondary N) is 2. The van der Waals surface area contributed by atoms with E-state index in [-0.39, 0.29) is 11.3 Å². The first-order chi connectivity index (χ1) is 9.49. The minimum atomic E-state index is -3.20. The van der Waals surface area contributed by atoms with Crippen LogP contribution in [0, 0.1) is 0 Å². The number of likely N-dealkylation sites (tertiary alicyclic amines) is 1. The molecule has 0 spiro atoms. The summed E-state index contributed by atoms with van der Waals surface area (Å²) in [6, 6.07) is 0.841. The molecule has 2 aliphatic rings. The van der Waals surface area contributed by atoms with Crippen molar-refractivity contribution < 1.29 is 8.42 Å². The summed E-state index contributed by atoms with van der Waals surface area (Å²) in [5.41, 5.74) is 0. The minimum Gasteiger partial charge on any atom is -0.313 e. The molecule has 1 saturated heterocycles. The van der Waals surface area contributed by atoms with Crippen molar-refractivity contribution >= 4 is 10.0 Å². The van der Waals surface area contributed by atoms with Crippen molar-refractivity contribution in [3.63, 3.8) is 0 Å². The molecule has 2 rings (SSSR count). The van der Waals surface area contributed by atoms with Gasteiger partial charge in [0.1, 0.15) is 0 Å². The topological polar surface area (TPSA) is 61.4 Å². The van der Waals surface area contributed by atoms with Gasteiger partial charge in [0.05, 0.1) is 5.25 Å². The predicted octanol–water partition coefficient (Wildman–Crippen LogP) is 0.921. The van der Waals surface area contributed by atoms with Gasteiger partial charge in [0.2, 0.25) is 10.0 Å². The second-order valence-electron chi connectivity index (χ2n) is 6.33. The van der Waals surface area contributed by atoms with Gasteiger partial charge in [-0.05, 0) is 52.6 Å². The molecule has 0 aromatic heterocycles. The summed E-state index contributed by atoms with van der Waals surface area (Å²) in [5, 5.41) is 2.92. The summed E-state index contributed by atoms with van der Waals surface area (Å²) >= 11 is 0. The van der Waals surface area contributed by atoms with Gasteiger partial charge in [-0.25, -0.2) is 13.1 Å². The molecule has 2 fully saturated rings. The molecule has 2 unspecified atom stereocenters. The molecular weight excluding hydrogens is 274 g/mol. The zero-order chi connectivity index (χ0) is 14.6. The highest BCUT2D eigenvalue weighted by Gasteiger charge is 2.26. The van der Waals surface area contributed by atoms with Crippen LogP contribution in [-0.2, 0) is 10.0 Å². The average molecular weight is 303 g/mol. The maximum absolute atomic E-state index is 12.2. The van der Waals surface area contributed by atoms with Gasteiger partial charge in [-0.1, -0.05) is 6.42 Å². The molecule has 1 aliphatic heterocycles. The van der Waals surface area contributed by atoms with E-state index in [2.05, 4.69) is 21.9 Å². The first kappa shape index (κ1) is 16.2. The molecule has 1 saturated carbocycles. The van der Waals surface area contributed by atoms with E-state index in [0.29, 0.717) is 19.1 Å². The van der Waals surface area contributed by atoms with Crippen LogP contribution in [0.25, 0.3) is 0 Å². The summed E-state index contributed by atoms with van der Waals surface area (Å²) in [6.07, 6.45) is 6.15. The molecule has 118 valence electrons. The predicted molar refractivity (Wildman–Crippen MR) is 82.3 cm³/mol. The van der Waals surface area contributed by atoms with Crippen LogP contribution in [0.15, 0.2) is 0 Å². The zero-order valence-corrected chi connectivity index (χ0v) is 13.6. The zero-order valence-electron chi connectivity index (χ0n) is 12.8. The van der Waals surface area contributed by atoms with Crippen molar-refractivity contribution in [3.05, 3.63) is 0 Å². The van der Waals surface area contributed by atoms with Gasteiger partial charge in [-0.15, -0.1) is 0 Å². The maximum atomic E-state index is 12.2. The van der Waals surface area contributed by atoms with Crippen LogP contribution in [0.2, 0.25) is 0 Å². The van der Waals surface area contributed by atoms with Crippen molar-refractivity contribution in [2.75, 3.05) is 26.2 Å². The Labute approximate surface area is 123 Å². The van der Waals surface area contributed by atoms with Crippen LogP contribution in [-0.4, -0.2) is 56.8 Å². The highest BCUT2D eigenvalue weighted by atomic mass is 32.2.